The zero-order chi connectivity index (χ0) is 17.1. The Balaban J connectivity index is 2.05. The number of hydrogen-bond acceptors (Lipinski definition) is 3. The summed E-state index contributed by atoms with van der Waals surface area (Å²) in [5.41, 5.74) is 0.471. The number of aliphatic carboxylic acids is 1. The molecule has 0 saturated carbocycles. The molecule has 1 aliphatic rings. The fourth-order valence-electron chi connectivity index (χ4n) is 2.32. The maximum Gasteiger partial charge on any atom is 0.308 e. The van der Waals surface area contributed by atoms with Gasteiger partial charge in [-0.1, -0.05) is 30.1 Å². The molecule has 1 aromatic carbocycles. The summed E-state index contributed by atoms with van der Waals surface area (Å²) in [6, 6.07) is 4.79. The van der Waals surface area contributed by atoms with Crippen LogP contribution in [0.1, 0.15) is 13.3 Å². The third-order valence-corrected chi connectivity index (χ3v) is 4.28. The summed E-state index contributed by atoms with van der Waals surface area (Å²) in [6.45, 7) is 1.82. The molecule has 0 aliphatic carbocycles. The van der Waals surface area contributed by atoms with Crippen LogP contribution in [0.25, 0.3) is 0 Å². The number of rotatable bonds is 5. The Morgan fingerprint density at radius 2 is 2.13 bits per heavy atom. The van der Waals surface area contributed by atoms with Gasteiger partial charge >= 0.3 is 5.97 Å². The van der Waals surface area contributed by atoms with E-state index in [9.17, 15) is 14.4 Å². The van der Waals surface area contributed by atoms with Crippen molar-refractivity contribution in [3.8, 4) is 0 Å². The Bertz CT molecular complexity index is 650. The molecule has 0 aromatic heterocycles. The van der Waals surface area contributed by atoms with Crippen LogP contribution in [0.4, 0.5) is 5.69 Å². The number of carboxylic acids is 1. The van der Waals surface area contributed by atoms with E-state index >= 15 is 0 Å². The van der Waals surface area contributed by atoms with Gasteiger partial charge < -0.3 is 15.3 Å². The van der Waals surface area contributed by atoms with Gasteiger partial charge in [0.05, 0.1) is 16.6 Å². The largest absolute Gasteiger partial charge is 0.481 e. The summed E-state index contributed by atoms with van der Waals surface area (Å²) in [6.07, 6.45) is 0.342. The molecule has 1 aliphatic heterocycles. The average molecular weight is 359 g/mol. The average Bonchev–Trinajstić information content (AvgIpc) is 2.88. The second-order valence-corrected chi connectivity index (χ2v) is 6.25. The summed E-state index contributed by atoms with van der Waals surface area (Å²) in [4.78, 5) is 36.7. The summed E-state index contributed by atoms with van der Waals surface area (Å²) >= 11 is 12.0. The zero-order valence-corrected chi connectivity index (χ0v) is 13.9. The highest BCUT2D eigenvalue weighted by molar-refractivity contribution is 6.36. The third-order valence-electron chi connectivity index (χ3n) is 3.73. The van der Waals surface area contributed by atoms with Gasteiger partial charge in [0.15, 0.2) is 0 Å². The van der Waals surface area contributed by atoms with Crippen LogP contribution in [-0.4, -0.2) is 36.0 Å². The van der Waals surface area contributed by atoms with Crippen LogP contribution in [0.15, 0.2) is 18.2 Å². The third kappa shape index (κ3) is 3.95. The lowest BCUT2D eigenvalue weighted by Gasteiger charge is -2.18. The van der Waals surface area contributed by atoms with E-state index in [-0.39, 0.29) is 12.5 Å². The van der Waals surface area contributed by atoms with Crippen LogP contribution in [0.3, 0.4) is 0 Å². The van der Waals surface area contributed by atoms with E-state index in [0.717, 1.165) is 0 Å². The van der Waals surface area contributed by atoms with Crippen LogP contribution in [0, 0.1) is 11.8 Å². The molecule has 2 N–H and O–H groups in total. The summed E-state index contributed by atoms with van der Waals surface area (Å²) < 4.78 is 0. The van der Waals surface area contributed by atoms with E-state index in [2.05, 4.69) is 5.32 Å². The first-order valence-electron chi connectivity index (χ1n) is 7.08. The van der Waals surface area contributed by atoms with Gasteiger partial charge in [-0.2, -0.15) is 0 Å². The van der Waals surface area contributed by atoms with Crippen molar-refractivity contribution < 1.29 is 19.5 Å². The highest BCUT2D eigenvalue weighted by atomic mass is 35.5. The SMILES string of the molecule is CC(CNC(=O)C1CCN(c2cc(Cl)ccc2Cl)C1=O)C(=O)O. The fraction of sp³-hybridized carbons (Fsp3) is 0.400. The number of nitrogens with one attached hydrogen (secondary N) is 1. The van der Waals surface area contributed by atoms with Gasteiger partial charge in [0, 0.05) is 18.1 Å². The zero-order valence-electron chi connectivity index (χ0n) is 12.4. The molecular weight excluding hydrogens is 343 g/mol. The molecule has 1 saturated heterocycles. The topological polar surface area (TPSA) is 86.7 Å². The van der Waals surface area contributed by atoms with Crippen molar-refractivity contribution in [2.75, 3.05) is 18.0 Å². The van der Waals surface area contributed by atoms with Crippen LogP contribution in [0.5, 0.6) is 0 Å². The number of carboxylic acid groups (broad SMARTS) is 1. The molecule has 2 rings (SSSR count). The van der Waals surface area contributed by atoms with Crippen molar-refractivity contribution in [1.29, 1.82) is 0 Å². The lowest BCUT2D eigenvalue weighted by Crippen LogP contribution is -2.39. The van der Waals surface area contributed by atoms with Crippen molar-refractivity contribution in [3.63, 3.8) is 0 Å². The smallest absolute Gasteiger partial charge is 0.308 e. The van der Waals surface area contributed by atoms with E-state index in [1.54, 1.807) is 18.2 Å². The van der Waals surface area contributed by atoms with Gasteiger partial charge in [0.1, 0.15) is 5.92 Å². The van der Waals surface area contributed by atoms with Crippen LogP contribution in [0.2, 0.25) is 10.0 Å². The number of amides is 2. The summed E-state index contributed by atoms with van der Waals surface area (Å²) in [5.74, 6) is -3.39. The molecule has 1 fully saturated rings. The molecule has 2 unspecified atom stereocenters. The molecule has 0 spiro atoms. The Labute approximate surface area is 143 Å². The molecule has 124 valence electrons. The lowest BCUT2D eigenvalue weighted by molar-refractivity contribution is -0.141. The van der Waals surface area contributed by atoms with E-state index in [0.29, 0.717) is 28.7 Å². The Kier molecular flexibility index (Phi) is 5.49. The van der Waals surface area contributed by atoms with Gasteiger partial charge in [-0.3, -0.25) is 14.4 Å². The minimum absolute atomic E-state index is 0.0180. The number of nitrogens with zero attached hydrogens (tertiary/aromatic N) is 1. The number of carbonyl (C=O) groups is 3. The minimum Gasteiger partial charge on any atom is -0.481 e. The first-order chi connectivity index (χ1) is 10.8. The monoisotopic (exact) mass is 358 g/mol. The maximum absolute atomic E-state index is 12.4. The Morgan fingerprint density at radius 3 is 2.78 bits per heavy atom. The van der Waals surface area contributed by atoms with Crippen LogP contribution >= 0.6 is 23.2 Å². The molecule has 1 heterocycles. The van der Waals surface area contributed by atoms with Crippen molar-refractivity contribution >= 4 is 46.7 Å². The first-order valence-corrected chi connectivity index (χ1v) is 7.83. The van der Waals surface area contributed by atoms with E-state index in [1.807, 2.05) is 0 Å². The number of benzene rings is 1. The van der Waals surface area contributed by atoms with Gasteiger partial charge in [-0.05, 0) is 24.6 Å². The van der Waals surface area contributed by atoms with Crippen molar-refractivity contribution in [3.05, 3.63) is 28.2 Å². The molecule has 2 amide bonds. The van der Waals surface area contributed by atoms with E-state index in [1.165, 1.54) is 11.8 Å². The standard InChI is InChI=1S/C15H16Cl2N2O4/c1-8(15(22)23)7-18-13(20)10-4-5-19(14(10)21)12-6-9(16)2-3-11(12)17/h2-3,6,8,10H,4-5,7H2,1H3,(H,18,20)(H,22,23). The lowest BCUT2D eigenvalue weighted by atomic mass is 10.1. The number of carbonyl (C=O) groups excluding carboxylic acids is 2. The second kappa shape index (κ2) is 7.19. The molecule has 23 heavy (non-hydrogen) atoms. The molecule has 8 heteroatoms. The highest BCUT2D eigenvalue weighted by Crippen LogP contribution is 2.33. The molecular formula is C15H16Cl2N2O4. The van der Waals surface area contributed by atoms with E-state index < -0.39 is 23.7 Å². The second-order valence-electron chi connectivity index (χ2n) is 5.41. The molecule has 0 bridgehead atoms. The van der Waals surface area contributed by atoms with Crippen molar-refractivity contribution in [2.45, 2.75) is 13.3 Å². The minimum atomic E-state index is -1.00. The van der Waals surface area contributed by atoms with Crippen molar-refractivity contribution in [2.24, 2.45) is 11.8 Å². The fourth-order valence-corrected chi connectivity index (χ4v) is 2.71. The number of hydrogen-bond donors (Lipinski definition) is 2. The predicted molar refractivity (Wildman–Crippen MR) is 86.7 cm³/mol. The summed E-state index contributed by atoms with van der Waals surface area (Å²) in [7, 11) is 0. The van der Waals surface area contributed by atoms with E-state index in [4.69, 9.17) is 28.3 Å². The molecule has 1 aromatic rings. The highest BCUT2D eigenvalue weighted by Gasteiger charge is 2.38. The first kappa shape index (κ1) is 17.6. The van der Waals surface area contributed by atoms with Crippen LogP contribution < -0.4 is 10.2 Å². The Hall–Kier alpha value is -1.79. The predicted octanol–water partition coefficient (Wildman–Crippen LogP) is 2.18. The number of anilines is 1. The van der Waals surface area contributed by atoms with Gasteiger partial charge in [0.25, 0.3) is 0 Å². The van der Waals surface area contributed by atoms with Crippen LogP contribution in [-0.2, 0) is 14.4 Å². The molecule has 0 radical (unpaired) electrons. The number of halogens is 2. The maximum atomic E-state index is 12.4. The molecule has 2 atom stereocenters. The van der Waals surface area contributed by atoms with Gasteiger partial charge in [-0.25, -0.2) is 0 Å². The van der Waals surface area contributed by atoms with Gasteiger partial charge in [-0.15, -0.1) is 0 Å². The van der Waals surface area contributed by atoms with Gasteiger partial charge in [0.2, 0.25) is 11.8 Å². The van der Waals surface area contributed by atoms with Crippen molar-refractivity contribution in [1.82, 2.24) is 5.32 Å². The quantitative estimate of drug-likeness (QED) is 0.789. The normalized spacial score (nSPS) is 18.8. The Morgan fingerprint density at radius 1 is 1.43 bits per heavy atom. The summed E-state index contributed by atoms with van der Waals surface area (Å²) in [5, 5.41) is 12.1. The molecule has 6 nitrogen and oxygen atoms in total.